The highest BCUT2D eigenvalue weighted by Crippen LogP contribution is 2.24. The number of carbonyl (C=O) groups is 2. The molecule has 0 aliphatic carbocycles. The van der Waals surface area contributed by atoms with Gasteiger partial charge in [-0.1, -0.05) is 35.5 Å². The summed E-state index contributed by atoms with van der Waals surface area (Å²) in [5.74, 6) is -0.735. The Balaban J connectivity index is 1.47. The van der Waals surface area contributed by atoms with Crippen LogP contribution in [0.25, 0.3) is 22.5 Å². The molecule has 150 valence electrons. The van der Waals surface area contributed by atoms with Crippen LogP contribution < -0.4 is 11.1 Å². The fourth-order valence-electron chi connectivity index (χ4n) is 3.49. The lowest BCUT2D eigenvalue weighted by Crippen LogP contribution is -2.43. The third-order valence-corrected chi connectivity index (χ3v) is 4.91. The molecule has 1 aliphatic heterocycles. The molecule has 0 radical (unpaired) electrons. The van der Waals surface area contributed by atoms with E-state index in [1.54, 1.807) is 6.07 Å². The van der Waals surface area contributed by atoms with Crippen molar-refractivity contribution in [3.63, 3.8) is 0 Å². The van der Waals surface area contributed by atoms with Gasteiger partial charge in [0.15, 0.2) is 5.58 Å². The SMILES string of the molecule is O=C1CCC(n2c(=O)oc3cnc(Cc4nc(-c5ccccc5)no4)cc32)C(=O)N1. The number of rotatable bonds is 4. The number of fused-ring (bicyclic) bond motifs is 1. The maximum atomic E-state index is 12.4. The fourth-order valence-corrected chi connectivity index (χ4v) is 3.49. The molecule has 1 N–H and O–H groups in total. The highest BCUT2D eigenvalue weighted by atomic mass is 16.5. The van der Waals surface area contributed by atoms with E-state index in [0.717, 1.165) is 5.56 Å². The molecule has 1 saturated heterocycles. The van der Waals surface area contributed by atoms with E-state index >= 15 is 0 Å². The van der Waals surface area contributed by atoms with E-state index in [-0.39, 0.29) is 30.8 Å². The average molecular weight is 405 g/mol. The first-order valence-corrected chi connectivity index (χ1v) is 9.30. The predicted molar refractivity (Wildman–Crippen MR) is 102 cm³/mol. The zero-order chi connectivity index (χ0) is 20.7. The second kappa shape index (κ2) is 7.07. The summed E-state index contributed by atoms with van der Waals surface area (Å²) in [4.78, 5) is 44.7. The summed E-state index contributed by atoms with van der Waals surface area (Å²) >= 11 is 0. The summed E-state index contributed by atoms with van der Waals surface area (Å²) in [5, 5.41) is 6.24. The molecule has 1 aliphatic rings. The van der Waals surface area contributed by atoms with Crippen LogP contribution in [0.3, 0.4) is 0 Å². The van der Waals surface area contributed by atoms with Crippen molar-refractivity contribution in [3.05, 3.63) is 64.7 Å². The van der Waals surface area contributed by atoms with Crippen molar-refractivity contribution in [1.29, 1.82) is 0 Å². The Morgan fingerprint density at radius 2 is 2.00 bits per heavy atom. The number of hydrogen-bond acceptors (Lipinski definition) is 8. The molecule has 30 heavy (non-hydrogen) atoms. The van der Waals surface area contributed by atoms with Crippen molar-refractivity contribution >= 4 is 22.9 Å². The predicted octanol–water partition coefficient (Wildman–Crippen LogP) is 1.61. The third-order valence-electron chi connectivity index (χ3n) is 4.91. The van der Waals surface area contributed by atoms with Gasteiger partial charge in [0.05, 0.1) is 23.8 Å². The lowest BCUT2D eigenvalue weighted by molar-refractivity contribution is -0.135. The molecule has 1 fully saturated rings. The number of imide groups is 1. The van der Waals surface area contributed by atoms with Crippen LogP contribution in [0.4, 0.5) is 0 Å². The normalized spacial score (nSPS) is 16.7. The molecule has 5 rings (SSSR count). The van der Waals surface area contributed by atoms with E-state index in [9.17, 15) is 14.4 Å². The minimum Gasteiger partial charge on any atom is -0.406 e. The largest absolute Gasteiger partial charge is 0.420 e. The van der Waals surface area contributed by atoms with Crippen LogP contribution in [-0.2, 0) is 16.0 Å². The first kappa shape index (κ1) is 18.0. The number of nitrogens with zero attached hydrogens (tertiary/aromatic N) is 4. The molecule has 1 aromatic carbocycles. The van der Waals surface area contributed by atoms with Crippen LogP contribution in [0.2, 0.25) is 0 Å². The zero-order valence-corrected chi connectivity index (χ0v) is 15.6. The minimum absolute atomic E-state index is 0.151. The smallest absolute Gasteiger partial charge is 0.406 e. The summed E-state index contributed by atoms with van der Waals surface area (Å²) in [6.07, 6.45) is 2.03. The van der Waals surface area contributed by atoms with E-state index in [1.165, 1.54) is 10.8 Å². The third kappa shape index (κ3) is 3.17. The van der Waals surface area contributed by atoms with Gasteiger partial charge >= 0.3 is 5.76 Å². The van der Waals surface area contributed by atoms with Crippen LogP contribution in [0.5, 0.6) is 0 Å². The lowest BCUT2D eigenvalue weighted by atomic mass is 10.1. The van der Waals surface area contributed by atoms with Gasteiger partial charge in [-0.2, -0.15) is 4.98 Å². The molecule has 3 aromatic heterocycles. The van der Waals surface area contributed by atoms with E-state index in [1.807, 2.05) is 30.3 Å². The number of benzene rings is 1. The standard InChI is InChI=1S/C20H15N5O5/c26-16-7-6-13(19(27)22-16)25-14-8-12(21-10-15(14)29-20(25)28)9-17-23-18(24-30-17)11-4-2-1-3-5-11/h1-5,8,10,13H,6-7,9H2,(H,22,26,27). The van der Waals surface area contributed by atoms with Gasteiger partial charge in [-0.25, -0.2) is 4.79 Å². The Bertz CT molecular complexity index is 1320. The number of piperidine rings is 1. The molecule has 0 bridgehead atoms. The van der Waals surface area contributed by atoms with Gasteiger partial charge in [-0.3, -0.25) is 24.5 Å². The van der Waals surface area contributed by atoms with Gasteiger partial charge in [0.1, 0.15) is 6.04 Å². The van der Waals surface area contributed by atoms with Crippen molar-refractivity contribution in [2.75, 3.05) is 0 Å². The highest BCUT2D eigenvalue weighted by molar-refractivity contribution is 6.00. The molecular weight excluding hydrogens is 390 g/mol. The number of nitrogens with one attached hydrogen (secondary N) is 1. The summed E-state index contributed by atoms with van der Waals surface area (Å²) < 4.78 is 11.8. The molecule has 2 amide bonds. The van der Waals surface area contributed by atoms with Crippen LogP contribution in [0, 0.1) is 0 Å². The van der Waals surface area contributed by atoms with Crippen molar-refractivity contribution < 1.29 is 18.5 Å². The minimum atomic E-state index is -0.820. The Morgan fingerprint density at radius 3 is 2.80 bits per heavy atom. The van der Waals surface area contributed by atoms with Gasteiger partial charge in [0.2, 0.25) is 23.5 Å². The van der Waals surface area contributed by atoms with Crippen LogP contribution >= 0.6 is 0 Å². The van der Waals surface area contributed by atoms with Gasteiger partial charge in [-0.05, 0) is 12.5 Å². The van der Waals surface area contributed by atoms with E-state index in [0.29, 0.717) is 22.9 Å². The molecule has 4 heterocycles. The second-order valence-electron chi connectivity index (χ2n) is 6.90. The maximum Gasteiger partial charge on any atom is 0.420 e. The van der Waals surface area contributed by atoms with E-state index in [2.05, 4.69) is 20.4 Å². The molecule has 1 unspecified atom stereocenters. The molecule has 4 aromatic rings. The first-order chi connectivity index (χ1) is 14.6. The molecular formula is C20H15N5O5. The number of pyridine rings is 1. The van der Waals surface area contributed by atoms with Crippen molar-refractivity contribution in [1.82, 2.24) is 25.0 Å². The topological polar surface area (TPSA) is 133 Å². The number of oxazole rings is 1. The number of hydrogen-bond donors (Lipinski definition) is 1. The summed E-state index contributed by atoms with van der Waals surface area (Å²) in [6, 6.07) is 10.3. The van der Waals surface area contributed by atoms with Gasteiger partial charge in [0, 0.05) is 12.0 Å². The average Bonchev–Trinajstić information content (AvgIpc) is 3.33. The van der Waals surface area contributed by atoms with Crippen LogP contribution in [-0.4, -0.2) is 31.5 Å². The first-order valence-electron chi connectivity index (χ1n) is 9.30. The van der Waals surface area contributed by atoms with Crippen LogP contribution in [0.15, 0.2) is 56.3 Å². The second-order valence-corrected chi connectivity index (χ2v) is 6.90. The summed E-state index contributed by atoms with van der Waals surface area (Å²) in [6.45, 7) is 0. The van der Waals surface area contributed by atoms with Crippen LogP contribution in [0.1, 0.15) is 30.5 Å². The Labute approximate surface area is 168 Å². The Kier molecular flexibility index (Phi) is 4.24. The van der Waals surface area contributed by atoms with Crippen molar-refractivity contribution in [2.45, 2.75) is 25.3 Å². The Hall–Kier alpha value is -4.08. The summed E-state index contributed by atoms with van der Waals surface area (Å²) in [7, 11) is 0. The summed E-state index contributed by atoms with van der Waals surface area (Å²) in [5.41, 5.74) is 2.07. The maximum absolute atomic E-state index is 12.4. The van der Waals surface area contributed by atoms with Gasteiger partial charge in [0.25, 0.3) is 0 Å². The molecule has 10 heteroatoms. The number of aromatic nitrogens is 4. The van der Waals surface area contributed by atoms with Gasteiger partial charge < -0.3 is 8.94 Å². The van der Waals surface area contributed by atoms with Gasteiger partial charge in [-0.15, -0.1) is 0 Å². The van der Waals surface area contributed by atoms with E-state index < -0.39 is 17.7 Å². The number of amides is 2. The molecule has 0 saturated carbocycles. The number of carbonyl (C=O) groups excluding carboxylic acids is 2. The van der Waals surface area contributed by atoms with Crippen molar-refractivity contribution in [3.8, 4) is 11.4 Å². The van der Waals surface area contributed by atoms with Crippen molar-refractivity contribution in [2.24, 2.45) is 0 Å². The monoisotopic (exact) mass is 405 g/mol. The molecule has 1 atom stereocenters. The molecule has 10 nitrogen and oxygen atoms in total. The lowest BCUT2D eigenvalue weighted by Gasteiger charge is -2.21. The fraction of sp³-hybridized carbons (Fsp3) is 0.200. The zero-order valence-electron chi connectivity index (χ0n) is 15.6. The van der Waals surface area contributed by atoms with E-state index in [4.69, 9.17) is 8.94 Å². The molecule has 0 spiro atoms. The Morgan fingerprint density at radius 1 is 1.17 bits per heavy atom. The highest BCUT2D eigenvalue weighted by Gasteiger charge is 2.31. The quantitative estimate of drug-likeness (QED) is 0.506.